The van der Waals surface area contributed by atoms with Crippen LogP contribution in [0.2, 0.25) is 0 Å². The molecule has 1 unspecified atom stereocenters. The summed E-state index contributed by atoms with van der Waals surface area (Å²) in [5.74, 6) is 0.918. The highest BCUT2D eigenvalue weighted by Gasteiger charge is 2.31. The summed E-state index contributed by atoms with van der Waals surface area (Å²) in [4.78, 5) is 25.3. The normalized spacial score (nSPS) is 31.7. The van der Waals surface area contributed by atoms with E-state index in [-0.39, 0.29) is 24.4 Å². The van der Waals surface area contributed by atoms with E-state index in [0.29, 0.717) is 12.6 Å². The molecule has 5 heteroatoms. The lowest BCUT2D eigenvalue weighted by Crippen LogP contribution is -2.59. The molecule has 0 radical (unpaired) electrons. The fraction of sp³-hybridized carbons (Fsp3) is 0.857. The summed E-state index contributed by atoms with van der Waals surface area (Å²) in [5.41, 5.74) is 0. The van der Waals surface area contributed by atoms with Crippen molar-refractivity contribution < 1.29 is 9.59 Å². The van der Waals surface area contributed by atoms with Crippen LogP contribution in [0, 0.1) is 5.92 Å². The van der Waals surface area contributed by atoms with Crippen molar-refractivity contribution in [3.8, 4) is 0 Å². The molecular weight excluding hydrogens is 242 g/mol. The molecule has 0 bridgehead atoms. The van der Waals surface area contributed by atoms with Crippen molar-refractivity contribution in [1.82, 2.24) is 15.5 Å². The van der Waals surface area contributed by atoms with Gasteiger partial charge >= 0.3 is 0 Å². The van der Waals surface area contributed by atoms with Crippen LogP contribution in [0.5, 0.6) is 0 Å². The Labute approximate surface area is 115 Å². The van der Waals surface area contributed by atoms with Gasteiger partial charge in [-0.15, -0.1) is 0 Å². The maximum atomic E-state index is 12.4. The Bertz CT molecular complexity index is 328. The van der Waals surface area contributed by atoms with Gasteiger partial charge in [-0.25, -0.2) is 0 Å². The average molecular weight is 267 g/mol. The minimum atomic E-state index is -0.258. The molecule has 1 heterocycles. The molecule has 1 aliphatic heterocycles. The van der Waals surface area contributed by atoms with E-state index < -0.39 is 0 Å². The van der Waals surface area contributed by atoms with Gasteiger partial charge in [0.2, 0.25) is 11.8 Å². The van der Waals surface area contributed by atoms with E-state index in [0.717, 1.165) is 18.8 Å². The van der Waals surface area contributed by atoms with Gasteiger partial charge < -0.3 is 10.2 Å². The van der Waals surface area contributed by atoms with Crippen LogP contribution in [0.4, 0.5) is 0 Å². The highest BCUT2D eigenvalue weighted by molar-refractivity contribution is 5.86. The van der Waals surface area contributed by atoms with Crippen molar-refractivity contribution in [2.24, 2.45) is 5.92 Å². The second-order valence-corrected chi connectivity index (χ2v) is 5.77. The van der Waals surface area contributed by atoms with Gasteiger partial charge in [0.1, 0.15) is 6.04 Å². The van der Waals surface area contributed by atoms with E-state index in [2.05, 4.69) is 17.6 Å². The third-order valence-corrected chi connectivity index (χ3v) is 4.60. The van der Waals surface area contributed by atoms with Gasteiger partial charge in [-0.05, 0) is 31.6 Å². The Morgan fingerprint density at radius 1 is 1.32 bits per heavy atom. The quantitative estimate of drug-likeness (QED) is 0.783. The highest BCUT2D eigenvalue weighted by atomic mass is 16.2. The number of hydrogen-bond acceptors (Lipinski definition) is 3. The van der Waals surface area contributed by atoms with E-state index in [1.165, 1.54) is 19.3 Å². The molecule has 0 aromatic heterocycles. The molecule has 2 amide bonds. The lowest BCUT2D eigenvalue weighted by Gasteiger charge is -2.37. The topological polar surface area (TPSA) is 61.4 Å². The Morgan fingerprint density at radius 3 is 2.53 bits per heavy atom. The molecule has 5 nitrogen and oxygen atoms in total. The van der Waals surface area contributed by atoms with Gasteiger partial charge in [-0.3, -0.25) is 14.9 Å². The van der Waals surface area contributed by atoms with Gasteiger partial charge in [0.15, 0.2) is 0 Å². The molecule has 19 heavy (non-hydrogen) atoms. The van der Waals surface area contributed by atoms with Gasteiger partial charge in [-0.2, -0.15) is 0 Å². The number of nitrogens with one attached hydrogen (secondary N) is 2. The molecule has 2 N–H and O–H groups in total. The summed E-state index contributed by atoms with van der Waals surface area (Å²) < 4.78 is 0. The molecule has 0 spiro atoms. The maximum absolute atomic E-state index is 12.4. The zero-order valence-electron chi connectivity index (χ0n) is 11.9. The first-order valence-electron chi connectivity index (χ1n) is 7.38. The molecule has 1 saturated heterocycles. The van der Waals surface area contributed by atoms with E-state index in [1.807, 2.05) is 11.9 Å². The van der Waals surface area contributed by atoms with Crippen molar-refractivity contribution in [3.05, 3.63) is 0 Å². The second kappa shape index (κ2) is 6.37. The summed E-state index contributed by atoms with van der Waals surface area (Å²) in [6, 6.07) is 0.112. The van der Waals surface area contributed by atoms with E-state index in [9.17, 15) is 9.59 Å². The fourth-order valence-electron chi connectivity index (χ4n) is 3.11. The summed E-state index contributed by atoms with van der Waals surface area (Å²) in [6.45, 7) is 2.90. The average Bonchev–Trinajstić information content (AvgIpc) is 2.46. The number of carbonyl (C=O) groups excluding carboxylic acids is 2. The number of piperazine rings is 1. The van der Waals surface area contributed by atoms with Crippen molar-refractivity contribution in [2.45, 2.75) is 51.1 Å². The Hall–Kier alpha value is -1.10. The maximum Gasteiger partial charge on any atom is 0.241 e. The van der Waals surface area contributed by atoms with Gasteiger partial charge in [0.25, 0.3) is 0 Å². The standard InChI is InChI=1S/C14H25N3O2/c1-3-10-4-6-11(7-5-10)17(2)14(19)12-8-16-13(18)9-15-12/h10-12,15H,3-9H2,1-2H3,(H,16,18). The molecule has 1 atom stereocenters. The minimum absolute atomic E-state index is 0.0323. The predicted octanol–water partition coefficient (Wildman–Crippen LogP) is 0.502. The minimum Gasteiger partial charge on any atom is -0.353 e. The van der Waals surface area contributed by atoms with Crippen molar-refractivity contribution in [3.63, 3.8) is 0 Å². The molecule has 0 aromatic carbocycles. The summed E-state index contributed by atoms with van der Waals surface area (Å²) in [6.07, 6.45) is 5.93. The van der Waals surface area contributed by atoms with Crippen molar-refractivity contribution in [1.29, 1.82) is 0 Å². The number of rotatable bonds is 3. The van der Waals surface area contributed by atoms with Crippen LogP contribution in [-0.2, 0) is 9.59 Å². The zero-order chi connectivity index (χ0) is 13.8. The highest BCUT2D eigenvalue weighted by Crippen LogP contribution is 2.29. The number of likely N-dealkylation sites (N-methyl/N-ethyl adjacent to an activating group) is 1. The number of hydrogen-bond donors (Lipinski definition) is 2. The first-order chi connectivity index (χ1) is 9.11. The SMILES string of the molecule is CCC1CCC(N(C)C(=O)C2CNC(=O)CN2)CC1. The zero-order valence-corrected chi connectivity index (χ0v) is 11.9. The molecule has 0 aromatic rings. The number of nitrogens with zero attached hydrogens (tertiary/aromatic N) is 1. The largest absolute Gasteiger partial charge is 0.353 e. The number of carbonyl (C=O) groups is 2. The van der Waals surface area contributed by atoms with E-state index in [1.54, 1.807) is 0 Å². The molecular formula is C14H25N3O2. The van der Waals surface area contributed by atoms with Crippen molar-refractivity contribution in [2.75, 3.05) is 20.1 Å². The first kappa shape index (κ1) is 14.3. The fourth-order valence-corrected chi connectivity index (χ4v) is 3.11. The van der Waals surface area contributed by atoms with Crippen LogP contribution in [0.1, 0.15) is 39.0 Å². The van der Waals surface area contributed by atoms with Gasteiger partial charge in [0.05, 0.1) is 6.54 Å². The van der Waals surface area contributed by atoms with E-state index >= 15 is 0 Å². The van der Waals surface area contributed by atoms with Crippen LogP contribution < -0.4 is 10.6 Å². The van der Waals surface area contributed by atoms with Crippen LogP contribution in [0.15, 0.2) is 0 Å². The second-order valence-electron chi connectivity index (χ2n) is 5.77. The molecule has 2 rings (SSSR count). The lowest BCUT2D eigenvalue weighted by atomic mass is 9.84. The monoisotopic (exact) mass is 267 g/mol. The first-order valence-corrected chi connectivity index (χ1v) is 7.38. The van der Waals surface area contributed by atoms with Crippen LogP contribution in [0.3, 0.4) is 0 Å². The van der Waals surface area contributed by atoms with Crippen LogP contribution in [0.25, 0.3) is 0 Å². The van der Waals surface area contributed by atoms with Gasteiger partial charge in [0, 0.05) is 19.6 Å². The predicted molar refractivity (Wildman–Crippen MR) is 73.6 cm³/mol. The molecule has 2 fully saturated rings. The molecule has 1 aliphatic carbocycles. The molecule has 2 aliphatic rings. The number of amides is 2. The Balaban J connectivity index is 1.84. The van der Waals surface area contributed by atoms with Crippen LogP contribution >= 0.6 is 0 Å². The lowest BCUT2D eigenvalue weighted by molar-refractivity contribution is -0.136. The van der Waals surface area contributed by atoms with E-state index in [4.69, 9.17) is 0 Å². The third-order valence-electron chi connectivity index (χ3n) is 4.60. The molecule has 1 saturated carbocycles. The van der Waals surface area contributed by atoms with Crippen molar-refractivity contribution >= 4 is 11.8 Å². The third kappa shape index (κ3) is 3.47. The Kier molecular flexibility index (Phi) is 4.80. The summed E-state index contributed by atoms with van der Waals surface area (Å²) in [5, 5.41) is 5.74. The summed E-state index contributed by atoms with van der Waals surface area (Å²) in [7, 11) is 1.90. The molecule has 108 valence electrons. The Morgan fingerprint density at radius 2 is 2.00 bits per heavy atom. The van der Waals surface area contributed by atoms with Crippen LogP contribution in [-0.4, -0.2) is 48.9 Å². The van der Waals surface area contributed by atoms with Gasteiger partial charge in [-0.1, -0.05) is 13.3 Å². The summed E-state index contributed by atoms with van der Waals surface area (Å²) >= 11 is 0. The smallest absolute Gasteiger partial charge is 0.241 e.